The van der Waals surface area contributed by atoms with Crippen LogP contribution in [0, 0.1) is 5.92 Å². The van der Waals surface area contributed by atoms with Crippen LogP contribution in [0.4, 0.5) is 4.79 Å². The molecule has 5 heteroatoms. The first-order chi connectivity index (χ1) is 9.21. The standard InChI is InChI=1S/C15H29NO4/c1-6-15(19-10-12(2)9-17)7-8-16(11-15)13(18)20-14(3,4)5/h12,17H,6-11H2,1-5H3. The monoisotopic (exact) mass is 287 g/mol. The summed E-state index contributed by atoms with van der Waals surface area (Å²) in [6.07, 6.45) is 1.40. The maximum Gasteiger partial charge on any atom is 0.410 e. The molecule has 0 aromatic rings. The van der Waals surface area contributed by atoms with Crippen molar-refractivity contribution in [2.45, 2.75) is 58.7 Å². The van der Waals surface area contributed by atoms with Crippen molar-refractivity contribution in [1.82, 2.24) is 4.90 Å². The van der Waals surface area contributed by atoms with Crippen molar-refractivity contribution in [1.29, 1.82) is 0 Å². The molecule has 1 fully saturated rings. The molecule has 20 heavy (non-hydrogen) atoms. The highest BCUT2D eigenvalue weighted by Crippen LogP contribution is 2.30. The summed E-state index contributed by atoms with van der Waals surface area (Å²) in [5.74, 6) is 0.119. The number of nitrogens with zero attached hydrogens (tertiary/aromatic N) is 1. The molecule has 1 saturated heterocycles. The third kappa shape index (κ3) is 4.94. The molecule has 0 spiro atoms. The summed E-state index contributed by atoms with van der Waals surface area (Å²) in [5.41, 5.74) is -0.763. The van der Waals surface area contributed by atoms with Gasteiger partial charge in [0.2, 0.25) is 0 Å². The van der Waals surface area contributed by atoms with Crippen LogP contribution in [-0.4, -0.2) is 53.6 Å². The van der Waals surface area contributed by atoms with Gasteiger partial charge in [0, 0.05) is 19.1 Å². The molecule has 2 unspecified atom stereocenters. The van der Waals surface area contributed by atoms with E-state index >= 15 is 0 Å². The number of hydrogen-bond donors (Lipinski definition) is 1. The Bertz CT molecular complexity index is 326. The van der Waals surface area contributed by atoms with E-state index in [1.807, 2.05) is 27.7 Å². The van der Waals surface area contributed by atoms with Gasteiger partial charge < -0.3 is 19.5 Å². The molecule has 0 saturated carbocycles. The van der Waals surface area contributed by atoms with Gasteiger partial charge in [-0.1, -0.05) is 13.8 Å². The first-order valence-electron chi connectivity index (χ1n) is 7.44. The summed E-state index contributed by atoms with van der Waals surface area (Å²) in [5, 5.41) is 9.07. The summed E-state index contributed by atoms with van der Waals surface area (Å²) in [6.45, 7) is 11.5. The first-order valence-corrected chi connectivity index (χ1v) is 7.44. The zero-order valence-electron chi connectivity index (χ0n) is 13.4. The van der Waals surface area contributed by atoms with E-state index in [0.717, 1.165) is 12.8 Å². The molecule has 0 aromatic carbocycles. The van der Waals surface area contributed by atoms with Gasteiger partial charge in [0.25, 0.3) is 0 Å². The topological polar surface area (TPSA) is 59.0 Å². The smallest absolute Gasteiger partial charge is 0.410 e. The summed E-state index contributed by atoms with van der Waals surface area (Å²) < 4.78 is 11.4. The molecule has 0 bridgehead atoms. The number of aliphatic hydroxyl groups excluding tert-OH is 1. The number of ether oxygens (including phenoxy) is 2. The molecule has 1 rings (SSSR count). The van der Waals surface area contributed by atoms with Gasteiger partial charge in [0.05, 0.1) is 18.8 Å². The van der Waals surface area contributed by atoms with E-state index in [1.165, 1.54) is 0 Å². The molecule has 5 nitrogen and oxygen atoms in total. The van der Waals surface area contributed by atoms with Crippen molar-refractivity contribution >= 4 is 6.09 Å². The lowest BCUT2D eigenvalue weighted by Gasteiger charge is -2.30. The minimum absolute atomic E-state index is 0.119. The molecule has 0 radical (unpaired) electrons. The average molecular weight is 287 g/mol. The Hall–Kier alpha value is -0.810. The van der Waals surface area contributed by atoms with Crippen molar-refractivity contribution in [3.63, 3.8) is 0 Å². The average Bonchev–Trinajstić information content (AvgIpc) is 2.79. The van der Waals surface area contributed by atoms with Gasteiger partial charge >= 0.3 is 6.09 Å². The number of aliphatic hydroxyl groups is 1. The summed E-state index contributed by atoms with van der Waals surface area (Å²) in [6, 6.07) is 0. The molecule has 118 valence electrons. The number of likely N-dealkylation sites (tertiary alicyclic amines) is 1. The predicted molar refractivity (Wildman–Crippen MR) is 77.6 cm³/mol. The van der Waals surface area contributed by atoms with Gasteiger partial charge in [-0.25, -0.2) is 4.79 Å². The van der Waals surface area contributed by atoms with Crippen LogP contribution in [0.25, 0.3) is 0 Å². The fourth-order valence-corrected chi connectivity index (χ4v) is 2.21. The maximum absolute atomic E-state index is 12.1. The minimum atomic E-state index is -0.471. The zero-order chi connectivity index (χ0) is 15.4. The van der Waals surface area contributed by atoms with E-state index in [9.17, 15) is 4.79 Å². The molecule has 1 aliphatic heterocycles. The van der Waals surface area contributed by atoms with Crippen LogP contribution in [-0.2, 0) is 9.47 Å². The second kappa shape index (κ2) is 6.76. The van der Waals surface area contributed by atoms with Crippen molar-refractivity contribution in [3.05, 3.63) is 0 Å². The van der Waals surface area contributed by atoms with E-state index in [4.69, 9.17) is 14.6 Å². The third-order valence-corrected chi connectivity index (χ3v) is 3.60. The molecule has 1 N–H and O–H groups in total. The Morgan fingerprint density at radius 2 is 2.10 bits per heavy atom. The van der Waals surface area contributed by atoms with Crippen LogP contribution in [0.5, 0.6) is 0 Å². The molecule has 0 aliphatic carbocycles. The van der Waals surface area contributed by atoms with E-state index < -0.39 is 5.60 Å². The molecule has 1 amide bonds. The van der Waals surface area contributed by atoms with E-state index in [-0.39, 0.29) is 24.2 Å². The Morgan fingerprint density at radius 1 is 1.45 bits per heavy atom. The van der Waals surface area contributed by atoms with Crippen LogP contribution in [0.1, 0.15) is 47.5 Å². The van der Waals surface area contributed by atoms with Crippen molar-refractivity contribution in [3.8, 4) is 0 Å². The number of amides is 1. The maximum atomic E-state index is 12.1. The van der Waals surface area contributed by atoms with E-state index in [2.05, 4.69) is 6.92 Å². The molecule has 0 aromatic heterocycles. The molecular formula is C15H29NO4. The normalized spacial score (nSPS) is 24.8. The number of rotatable bonds is 5. The Kier molecular flexibility index (Phi) is 5.83. The van der Waals surface area contributed by atoms with Crippen LogP contribution in [0.2, 0.25) is 0 Å². The molecule has 1 heterocycles. The highest BCUT2D eigenvalue weighted by molar-refractivity contribution is 5.68. The third-order valence-electron chi connectivity index (χ3n) is 3.60. The zero-order valence-corrected chi connectivity index (χ0v) is 13.4. The Morgan fingerprint density at radius 3 is 2.60 bits per heavy atom. The van der Waals surface area contributed by atoms with Crippen molar-refractivity contribution in [2.24, 2.45) is 5.92 Å². The SMILES string of the molecule is CCC1(OCC(C)CO)CCN(C(=O)OC(C)(C)C)C1. The van der Waals surface area contributed by atoms with Crippen molar-refractivity contribution < 1.29 is 19.4 Å². The Balaban J connectivity index is 2.56. The number of hydrogen-bond acceptors (Lipinski definition) is 4. The van der Waals surface area contributed by atoms with Gasteiger partial charge in [-0.3, -0.25) is 0 Å². The minimum Gasteiger partial charge on any atom is -0.444 e. The highest BCUT2D eigenvalue weighted by Gasteiger charge is 2.41. The van der Waals surface area contributed by atoms with Crippen LogP contribution >= 0.6 is 0 Å². The quantitative estimate of drug-likeness (QED) is 0.843. The summed E-state index contributed by atoms with van der Waals surface area (Å²) >= 11 is 0. The summed E-state index contributed by atoms with van der Waals surface area (Å²) in [7, 11) is 0. The van der Waals surface area contributed by atoms with Gasteiger partial charge in [0.1, 0.15) is 5.60 Å². The Labute approximate surface area is 122 Å². The second-order valence-corrected chi connectivity index (χ2v) is 6.79. The number of carbonyl (C=O) groups excluding carboxylic acids is 1. The van der Waals surface area contributed by atoms with Gasteiger partial charge in [0.15, 0.2) is 0 Å². The van der Waals surface area contributed by atoms with Crippen LogP contribution in [0.15, 0.2) is 0 Å². The lowest BCUT2D eigenvalue weighted by Crippen LogP contribution is -2.41. The summed E-state index contributed by atoms with van der Waals surface area (Å²) in [4.78, 5) is 13.8. The van der Waals surface area contributed by atoms with Gasteiger partial charge in [-0.15, -0.1) is 0 Å². The largest absolute Gasteiger partial charge is 0.444 e. The second-order valence-electron chi connectivity index (χ2n) is 6.79. The van der Waals surface area contributed by atoms with Crippen LogP contribution in [0.3, 0.4) is 0 Å². The van der Waals surface area contributed by atoms with Gasteiger partial charge in [-0.2, -0.15) is 0 Å². The van der Waals surface area contributed by atoms with Crippen LogP contribution < -0.4 is 0 Å². The van der Waals surface area contributed by atoms with E-state index in [1.54, 1.807) is 4.90 Å². The number of carbonyl (C=O) groups is 1. The lowest BCUT2D eigenvalue weighted by atomic mass is 9.99. The molecular weight excluding hydrogens is 258 g/mol. The predicted octanol–water partition coefficient (Wildman–Crippen LogP) is 2.42. The van der Waals surface area contributed by atoms with Crippen molar-refractivity contribution in [2.75, 3.05) is 26.3 Å². The highest BCUT2D eigenvalue weighted by atomic mass is 16.6. The first kappa shape index (κ1) is 17.2. The molecule has 1 aliphatic rings. The van der Waals surface area contributed by atoms with E-state index in [0.29, 0.717) is 19.7 Å². The molecule has 2 atom stereocenters. The fourth-order valence-electron chi connectivity index (χ4n) is 2.21. The lowest BCUT2D eigenvalue weighted by molar-refractivity contribution is -0.0605. The van der Waals surface area contributed by atoms with Gasteiger partial charge in [-0.05, 0) is 33.6 Å². The fraction of sp³-hybridized carbons (Fsp3) is 0.933.